The number of nitriles is 1. The predicted molar refractivity (Wildman–Crippen MR) is 150 cm³/mol. The fourth-order valence-electron chi connectivity index (χ4n) is 5.37. The lowest BCUT2D eigenvalue weighted by atomic mass is 10.0. The average molecular weight is 588 g/mol. The van der Waals surface area contributed by atoms with Crippen LogP contribution in [0.1, 0.15) is 53.8 Å². The Morgan fingerprint density at radius 2 is 2.07 bits per heavy atom. The van der Waals surface area contributed by atoms with E-state index in [1.165, 1.54) is 12.3 Å². The van der Waals surface area contributed by atoms with Crippen molar-refractivity contribution in [3.63, 3.8) is 0 Å². The summed E-state index contributed by atoms with van der Waals surface area (Å²) in [7, 11) is 0. The molecule has 2 aliphatic heterocycles. The summed E-state index contributed by atoms with van der Waals surface area (Å²) in [5.74, 6) is 0.120. The monoisotopic (exact) mass is 587 g/mol. The van der Waals surface area contributed by atoms with Crippen LogP contribution in [0.15, 0.2) is 42.7 Å². The number of halogens is 1. The van der Waals surface area contributed by atoms with Gasteiger partial charge in [-0.3, -0.25) is 4.90 Å². The Morgan fingerprint density at radius 1 is 1.21 bits per heavy atom. The van der Waals surface area contributed by atoms with E-state index in [0.717, 1.165) is 31.9 Å². The number of ether oxygens (including phenoxy) is 3. The fourth-order valence-corrected chi connectivity index (χ4v) is 5.37. The van der Waals surface area contributed by atoms with Gasteiger partial charge in [0.15, 0.2) is 11.6 Å². The standard InChI is InChI=1S/C30H30FN7O5/c1-18-10-21(43-28-4-7-33-25(35-28)17-42-27-3-2-19(13-32)14-34-27)5-8-37(18)16-26-36-29-23(31)11-20(30(39)40)12-24(29)38(26)15-22-6-9-41-22/h2-4,7,11-12,14,18,21-22H,5-6,8-10,15-17H2,1H3,(H,39,40)/t18-,21-,22-/m0/s1. The summed E-state index contributed by atoms with van der Waals surface area (Å²) in [6.07, 6.45) is 5.38. The van der Waals surface area contributed by atoms with Crippen LogP contribution in [0.5, 0.6) is 11.8 Å². The summed E-state index contributed by atoms with van der Waals surface area (Å²) in [5, 5.41) is 18.4. The lowest BCUT2D eigenvalue weighted by molar-refractivity contribution is -0.0593. The number of aromatic nitrogens is 5. The van der Waals surface area contributed by atoms with Gasteiger partial charge in [-0.25, -0.2) is 24.1 Å². The highest BCUT2D eigenvalue weighted by Crippen LogP contribution is 2.28. The van der Waals surface area contributed by atoms with Crippen LogP contribution in [0.4, 0.5) is 4.39 Å². The summed E-state index contributed by atoms with van der Waals surface area (Å²) < 4.78 is 34.3. The third kappa shape index (κ3) is 6.40. The van der Waals surface area contributed by atoms with E-state index in [9.17, 15) is 14.3 Å². The number of hydrogen-bond acceptors (Lipinski definition) is 10. The lowest BCUT2D eigenvalue weighted by Gasteiger charge is -2.37. The van der Waals surface area contributed by atoms with Gasteiger partial charge in [0.05, 0.1) is 35.8 Å². The number of rotatable bonds is 10. The van der Waals surface area contributed by atoms with Gasteiger partial charge in [0.25, 0.3) is 0 Å². The highest BCUT2D eigenvalue weighted by Gasteiger charge is 2.30. The van der Waals surface area contributed by atoms with Crippen LogP contribution in [0.3, 0.4) is 0 Å². The first kappa shape index (κ1) is 28.4. The minimum absolute atomic E-state index is 0.00668. The maximum absolute atomic E-state index is 14.9. The van der Waals surface area contributed by atoms with Crippen molar-refractivity contribution in [3.05, 3.63) is 71.3 Å². The number of benzene rings is 1. The molecule has 0 spiro atoms. The van der Waals surface area contributed by atoms with Gasteiger partial charge in [-0.15, -0.1) is 0 Å². The molecular weight excluding hydrogens is 557 g/mol. The first-order valence-electron chi connectivity index (χ1n) is 14.1. The number of piperidine rings is 1. The first-order chi connectivity index (χ1) is 20.9. The van der Waals surface area contributed by atoms with E-state index in [-0.39, 0.29) is 35.9 Å². The molecule has 2 aliphatic rings. The predicted octanol–water partition coefficient (Wildman–Crippen LogP) is 3.73. The summed E-state index contributed by atoms with van der Waals surface area (Å²) in [6.45, 7) is 4.60. The van der Waals surface area contributed by atoms with Gasteiger partial charge in [0.2, 0.25) is 11.8 Å². The van der Waals surface area contributed by atoms with Crippen LogP contribution in [-0.4, -0.2) is 71.9 Å². The van der Waals surface area contributed by atoms with Gasteiger partial charge in [-0.2, -0.15) is 10.2 Å². The number of nitrogens with zero attached hydrogens (tertiary/aromatic N) is 7. The van der Waals surface area contributed by atoms with E-state index in [0.29, 0.717) is 54.2 Å². The highest BCUT2D eigenvalue weighted by atomic mass is 19.1. The Bertz CT molecular complexity index is 1670. The Balaban J connectivity index is 1.10. The van der Waals surface area contributed by atoms with Gasteiger partial charge < -0.3 is 23.9 Å². The van der Waals surface area contributed by atoms with E-state index >= 15 is 0 Å². The third-order valence-corrected chi connectivity index (χ3v) is 7.81. The molecule has 5 heterocycles. The van der Waals surface area contributed by atoms with Crippen molar-refractivity contribution in [2.45, 2.75) is 64.1 Å². The molecule has 222 valence electrons. The molecule has 13 heteroatoms. The summed E-state index contributed by atoms with van der Waals surface area (Å²) in [4.78, 5) is 31.3. The van der Waals surface area contributed by atoms with E-state index in [1.807, 2.05) is 10.6 Å². The molecule has 4 aromatic rings. The molecule has 43 heavy (non-hydrogen) atoms. The van der Waals surface area contributed by atoms with Crippen LogP contribution >= 0.6 is 0 Å². The molecule has 0 amide bonds. The molecule has 12 nitrogen and oxygen atoms in total. The third-order valence-electron chi connectivity index (χ3n) is 7.81. The molecule has 0 unspecified atom stereocenters. The quantitative estimate of drug-likeness (QED) is 0.289. The number of carboxylic acids is 1. The van der Waals surface area contributed by atoms with Crippen molar-refractivity contribution in [1.29, 1.82) is 5.26 Å². The lowest BCUT2D eigenvalue weighted by Crippen LogP contribution is -2.44. The molecular formula is C30H30FN7O5. The van der Waals surface area contributed by atoms with Crippen LogP contribution < -0.4 is 9.47 Å². The molecule has 1 N–H and O–H groups in total. The minimum Gasteiger partial charge on any atom is -0.478 e. The first-order valence-corrected chi connectivity index (χ1v) is 14.1. The number of carbonyl (C=O) groups is 1. The number of pyridine rings is 1. The van der Waals surface area contributed by atoms with E-state index in [1.54, 1.807) is 24.4 Å². The average Bonchev–Trinajstić information content (AvgIpc) is 3.33. The second-order valence-corrected chi connectivity index (χ2v) is 10.7. The van der Waals surface area contributed by atoms with Crippen molar-refractivity contribution in [2.24, 2.45) is 0 Å². The number of hydrogen-bond donors (Lipinski definition) is 1. The van der Waals surface area contributed by atoms with Gasteiger partial charge >= 0.3 is 5.97 Å². The van der Waals surface area contributed by atoms with E-state index < -0.39 is 11.8 Å². The summed E-state index contributed by atoms with van der Waals surface area (Å²) >= 11 is 0. The SMILES string of the molecule is C[C@H]1C[C@@H](Oc2ccnc(COc3ccc(C#N)cn3)n2)CCN1Cc1nc2c(F)cc(C(=O)O)cc2n1C[C@@H]1CCO1. The van der Waals surface area contributed by atoms with Crippen molar-refractivity contribution in [2.75, 3.05) is 13.2 Å². The Labute approximate surface area is 246 Å². The molecule has 6 rings (SSSR count). The van der Waals surface area contributed by atoms with Crippen LogP contribution in [0.25, 0.3) is 11.0 Å². The Hall–Kier alpha value is -4.67. The topological polar surface area (TPSA) is 149 Å². The van der Waals surface area contributed by atoms with Crippen molar-refractivity contribution < 1.29 is 28.5 Å². The Kier molecular flexibility index (Phi) is 8.13. The van der Waals surface area contributed by atoms with Gasteiger partial charge in [0, 0.05) is 43.7 Å². The maximum atomic E-state index is 14.9. The number of carboxylic acid groups (broad SMARTS) is 1. The van der Waals surface area contributed by atoms with Crippen molar-refractivity contribution in [1.82, 2.24) is 29.4 Å². The molecule has 0 aliphatic carbocycles. The number of likely N-dealkylation sites (tertiary alicyclic amines) is 1. The summed E-state index contributed by atoms with van der Waals surface area (Å²) in [6, 6.07) is 9.62. The summed E-state index contributed by atoms with van der Waals surface area (Å²) in [5.41, 5.74) is 0.976. The molecule has 0 saturated carbocycles. The van der Waals surface area contributed by atoms with E-state index in [2.05, 4.69) is 31.8 Å². The minimum atomic E-state index is -1.18. The van der Waals surface area contributed by atoms with Crippen LogP contribution in [-0.2, 0) is 24.4 Å². The molecule has 0 bridgehead atoms. The zero-order valence-corrected chi connectivity index (χ0v) is 23.5. The van der Waals surface area contributed by atoms with Crippen molar-refractivity contribution >= 4 is 17.0 Å². The highest BCUT2D eigenvalue weighted by molar-refractivity contribution is 5.92. The van der Waals surface area contributed by atoms with Gasteiger partial charge in [-0.1, -0.05) is 0 Å². The molecule has 2 fully saturated rings. The second-order valence-electron chi connectivity index (χ2n) is 10.7. The molecule has 3 atom stereocenters. The number of aromatic carboxylic acids is 1. The Morgan fingerprint density at radius 3 is 2.77 bits per heavy atom. The zero-order chi connectivity index (χ0) is 29.9. The maximum Gasteiger partial charge on any atom is 0.335 e. The molecule has 1 aromatic carbocycles. The van der Waals surface area contributed by atoms with Crippen molar-refractivity contribution in [3.8, 4) is 17.8 Å². The molecule has 2 saturated heterocycles. The van der Waals surface area contributed by atoms with Crippen LogP contribution in [0.2, 0.25) is 0 Å². The molecule has 0 radical (unpaired) electrons. The smallest absolute Gasteiger partial charge is 0.335 e. The zero-order valence-electron chi connectivity index (χ0n) is 23.5. The van der Waals surface area contributed by atoms with Crippen LogP contribution in [0, 0.1) is 17.1 Å². The largest absolute Gasteiger partial charge is 0.478 e. The second kappa shape index (κ2) is 12.3. The fraction of sp³-hybridized carbons (Fsp3) is 0.400. The number of imidazole rings is 1. The number of fused-ring (bicyclic) bond motifs is 1. The van der Waals surface area contributed by atoms with Gasteiger partial charge in [0.1, 0.15) is 30.1 Å². The normalized spacial score (nSPS) is 20.3. The van der Waals surface area contributed by atoms with Gasteiger partial charge in [-0.05, 0) is 44.4 Å². The van der Waals surface area contributed by atoms with E-state index in [4.69, 9.17) is 19.5 Å². The molecule has 3 aromatic heterocycles.